The van der Waals surface area contributed by atoms with Gasteiger partial charge in [-0.2, -0.15) is 0 Å². The van der Waals surface area contributed by atoms with Crippen LogP contribution in [0.3, 0.4) is 0 Å². The van der Waals surface area contributed by atoms with Crippen LogP contribution in [0.15, 0.2) is 16.6 Å². The van der Waals surface area contributed by atoms with E-state index in [1.165, 1.54) is 6.26 Å². The second kappa shape index (κ2) is 6.35. The molecule has 1 aromatic rings. The minimum Gasteiger partial charge on any atom is -0.493 e. The molecule has 0 unspecified atom stereocenters. The molecule has 0 N–H and O–H groups in total. The molecule has 20 heavy (non-hydrogen) atoms. The minimum absolute atomic E-state index is 0.147. The van der Waals surface area contributed by atoms with Crippen LogP contribution in [-0.4, -0.2) is 33.1 Å². The zero-order valence-electron chi connectivity index (χ0n) is 11.7. The molecule has 0 saturated heterocycles. The number of ether oxygens (including phenoxy) is 2. The van der Waals surface area contributed by atoms with Crippen LogP contribution in [0, 0.1) is 6.92 Å². The Morgan fingerprint density at radius 1 is 1.35 bits per heavy atom. The normalized spacial score (nSPS) is 15.2. The smallest absolute Gasteiger partial charge is 0.147 e. The Labute approximate surface area is 128 Å². The maximum Gasteiger partial charge on any atom is 0.147 e. The summed E-state index contributed by atoms with van der Waals surface area (Å²) in [5, 5.41) is 0. The van der Waals surface area contributed by atoms with Crippen molar-refractivity contribution in [1.82, 2.24) is 0 Å². The summed E-state index contributed by atoms with van der Waals surface area (Å²) in [7, 11) is -2.92. The topological polar surface area (TPSA) is 52.6 Å². The van der Waals surface area contributed by atoms with Crippen molar-refractivity contribution in [2.24, 2.45) is 0 Å². The Morgan fingerprint density at radius 3 is 2.65 bits per heavy atom. The van der Waals surface area contributed by atoms with Crippen molar-refractivity contribution in [2.75, 3.05) is 18.6 Å². The first-order valence-electron chi connectivity index (χ1n) is 6.62. The van der Waals surface area contributed by atoms with Crippen molar-refractivity contribution in [3.05, 3.63) is 22.2 Å². The summed E-state index contributed by atoms with van der Waals surface area (Å²) in [6.07, 6.45) is 4.26. The first-order valence-corrected chi connectivity index (χ1v) is 9.48. The van der Waals surface area contributed by atoms with Gasteiger partial charge in [0.25, 0.3) is 0 Å². The Balaban J connectivity index is 1.95. The second-order valence-electron chi connectivity index (χ2n) is 5.20. The van der Waals surface area contributed by atoms with E-state index in [4.69, 9.17) is 9.47 Å². The molecule has 1 saturated carbocycles. The third-order valence-corrected chi connectivity index (χ3v) is 4.99. The molecule has 6 heteroatoms. The van der Waals surface area contributed by atoms with E-state index in [-0.39, 0.29) is 5.75 Å². The molecule has 0 spiro atoms. The van der Waals surface area contributed by atoms with Gasteiger partial charge in [-0.15, -0.1) is 0 Å². The van der Waals surface area contributed by atoms with Crippen molar-refractivity contribution >= 4 is 25.8 Å². The van der Waals surface area contributed by atoms with E-state index in [2.05, 4.69) is 15.9 Å². The molecule has 0 heterocycles. The summed E-state index contributed by atoms with van der Waals surface area (Å²) in [5.74, 6) is 1.66. The summed E-state index contributed by atoms with van der Waals surface area (Å²) in [6, 6.07) is 3.78. The highest BCUT2D eigenvalue weighted by molar-refractivity contribution is 9.10. The molecular weight excluding hydrogens is 344 g/mol. The molecule has 1 aromatic carbocycles. The van der Waals surface area contributed by atoms with Crippen LogP contribution < -0.4 is 9.47 Å². The molecule has 0 aliphatic heterocycles. The predicted octanol–water partition coefficient (Wildman–Crippen LogP) is 3.11. The van der Waals surface area contributed by atoms with E-state index in [1.54, 1.807) is 0 Å². The number of aryl methyl sites for hydroxylation is 1. The first-order chi connectivity index (χ1) is 9.35. The highest BCUT2D eigenvalue weighted by Gasteiger charge is 2.25. The van der Waals surface area contributed by atoms with E-state index in [0.717, 1.165) is 34.4 Å². The molecular formula is C14H19BrO4S. The van der Waals surface area contributed by atoms with E-state index in [0.29, 0.717) is 19.1 Å². The molecule has 4 nitrogen and oxygen atoms in total. The molecule has 0 atom stereocenters. The largest absolute Gasteiger partial charge is 0.493 e. The van der Waals surface area contributed by atoms with Crippen LogP contribution in [0.1, 0.15) is 24.8 Å². The lowest BCUT2D eigenvalue weighted by Gasteiger charge is -2.13. The highest BCUT2D eigenvalue weighted by atomic mass is 79.9. The van der Waals surface area contributed by atoms with Gasteiger partial charge >= 0.3 is 0 Å². The summed E-state index contributed by atoms with van der Waals surface area (Å²) < 4.78 is 34.5. The Hall–Kier alpha value is -0.750. The SMILES string of the molecule is Cc1cc(OCCCS(C)(=O)=O)cc(OC2CC2)c1Br. The van der Waals surface area contributed by atoms with Gasteiger partial charge in [0.05, 0.1) is 22.9 Å². The van der Waals surface area contributed by atoms with Gasteiger partial charge in [0, 0.05) is 12.3 Å². The molecule has 1 fully saturated rings. The minimum atomic E-state index is -2.92. The van der Waals surface area contributed by atoms with Gasteiger partial charge < -0.3 is 9.47 Å². The van der Waals surface area contributed by atoms with Gasteiger partial charge in [0.15, 0.2) is 0 Å². The monoisotopic (exact) mass is 362 g/mol. The van der Waals surface area contributed by atoms with Crippen LogP contribution in [-0.2, 0) is 9.84 Å². The van der Waals surface area contributed by atoms with Gasteiger partial charge in [-0.1, -0.05) is 0 Å². The van der Waals surface area contributed by atoms with Gasteiger partial charge in [-0.25, -0.2) is 8.42 Å². The Morgan fingerprint density at radius 2 is 2.05 bits per heavy atom. The fourth-order valence-electron chi connectivity index (χ4n) is 1.75. The average molecular weight is 363 g/mol. The van der Waals surface area contributed by atoms with Crippen molar-refractivity contribution in [3.8, 4) is 11.5 Å². The molecule has 1 aliphatic carbocycles. The third kappa shape index (κ3) is 4.98. The second-order valence-corrected chi connectivity index (χ2v) is 8.25. The standard InChI is InChI=1S/C14H19BrO4S/c1-10-8-12(18-6-3-7-20(2,16)17)9-13(14(10)15)19-11-4-5-11/h8-9,11H,3-7H2,1-2H3. The molecule has 0 aromatic heterocycles. The van der Waals surface area contributed by atoms with Crippen LogP contribution in [0.25, 0.3) is 0 Å². The van der Waals surface area contributed by atoms with E-state index < -0.39 is 9.84 Å². The van der Waals surface area contributed by atoms with Gasteiger partial charge in [-0.3, -0.25) is 0 Å². The van der Waals surface area contributed by atoms with Crippen molar-refractivity contribution < 1.29 is 17.9 Å². The fourth-order valence-corrected chi connectivity index (χ4v) is 2.72. The number of hydrogen-bond acceptors (Lipinski definition) is 4. The Bertz CT molecular complexity index is 579. The van der Waals surface area contributed by atoms with E-state index in [1.807, 2.05) is 19.1 Å². The molecule has 2 rings (SSSR count). The van der Waals surface area contributed by atoms with Crippen LogP contribution in [0.5, 0.6) is 11.5 Å². The lowest BCUT2D eigenvalue weighted by atomic mass is 10.2. The number of sulfone groups is 1. The highest BCUT2D eigenvalue weighted by Crippen LogP contribution is 2.37. The fraction of sp³-hybridized carbons (Fsp3) is 0.571. The van der Waals surface area contributed by atoms with Crippen molar-refractivity contribution in [1.29, 1.82) is 0 Å². The third-order valence-electron chi connectivity index (χ3n) is 2.94. The molecule has 0 amide bonds. The number of benzene rings is 1. The van der Waals surface area contributed by atoms with Gasteiger partial charge in [0.1, 0.15) is 21.3 Å². The molecule has 112 valence electrons. The maximum atomic E-state index is 11.0. The van der Waals surface area contributed by atoms with Gasteiger partial charge in [-0.05, 0) is 53.7 Å². The Kier molecular flexibility index (Phi) is 4.96. The summed E-state index contributed by atoms with van der Waals surface area (Å²) >= 11 is 3.52. The molecule has 1 aliphatic rings. The summed E-state index contributed by atoms with van der Waals surface area (Å²) in [4.78, 5) is 0. The van der Waals surface area contributed by atoms with E-state index >= 15 is 0 Å². The van der Waals surface area contributed by atoms with Crippen LogP contribution in [0.2, 0.25) is 0 Å². The van der Waals surface area contributed by atoms with Crippen LogP contribution >= 0.6 is 15.9 Å². The zero-order chi connectivity index (χ0) is 14.8. The van der Waals surface area contributed by atoms with E-state index in [9.17, 15) is 8.42 Å². The maximum absolute atomic E-state index is 11.0. The first kappa shape index (κ1) is 15.6. The van der Waals surface area contributed by atoms with Gasteiger partial charge in [0.2, 0.25) is 0 Å². The summed E-state index contributed by atoms with van der Waals surface area (Å²) in [6.45, 7) is 2.37. The number of hydrogen-bond donors (Lipinski definition) is 0. The molecule has 0 bridgehead atoms. The summed E-state index contributed by atoms with van der Waals surface area (Å²) in [5.41, 5.74) is 1.04. The number of rotatable bonds is 7. The lowest BCUT2D eigenvalue weighted by Crippen LogP contribution is -2.08. The zero-order valence-corrected chi connectivity index (χ0v) is 14.1. The average Bonchev–Trinajstić information content (AvgIpc) is 3.13. The molecule has 0 radical (unpaired) electrons. The van der Waals surface area contributed by atoms with Crippen molar-refractivity contribution in [2.45, 2.75) is 32.3 Å². The lowest BCUT2D eigenvalue weighted by molar-refractivity contribution is 0.291. The van der Waals surface area contributed by atoms with Crippen LogP contribution in [0.4, 0.5) is 0 Å². The number of halogens is 1. The van der Waals surface area contributed by atoms with Crippen molar-refractivity contribution in [3.63, 3.8) is 0 Å². The quantitative estimate of drug-likeness (QED) is 0.699. The predicted molar refractivity (Wildman–Crippen MR) is 82.4 cm³/mol.